The number of likely N-dealkylation sites (N-methyl/N-ethyl adjacent to an activating group) is 1. The summed E-state index contributed by atoms with van der Waals surface area (Å²) >= 11 is 0. The predicted molar refractivity (Wildman–Crippen MR) is 77.9 cm³/mol. The van der Waals surface area contributed by atoms with Crippen molar-refractivity contribution in [3.63, 3.8) is 0 Å². The van der Waals surface area contributed by atoms with Crippen molar-refractivity contribution < 1.29 is 9.21 Å². The summed E-state index contributed by atoms with van der Waals surface area (Å²) in [6.45, 7) is 4.51. The minimum Gasteiger partial charge on any atom is -0.467 e. The van der Waals surface area contributed by atoms with Crippen molar-refractivity contribution in [1.29, 1.82) is 0 Å². The van der Waals surface area contributed by atoms with Crippen LogP contribution in [0.4, 0.5) is 0 Å². The predicted octanol–water partition coefficient (Wildman–Crippen LogP) is 2.42. The first-order chi connectivity index (χ1) is 9.78. The molecule has 0 bridgehead atoms. The third kappa shape index (κ3) is 4.55. The molecule has 2 aromatic rings. The highest BCUT2D eigenvalue weighted by atomic mass is 16.3. The van der Waals surface area contributed by atoms with Crippen LogP contribution in [0, 0.1) is 0 Å². The van der Waals surface area contributed by atoms with Gasteiger partial charge in [-0.05, 0) is 24.2 Å². The highest BCUT2D eigenvalue weighted by Gasteiger charge is 2.09. The van der Waals surface area contributed by atoms with Crippen molar-refractivity contribution in [1.82, 2.24) is 10.2 Å². The highest BCUT2D eigenvalue weighted by Crippen LogP contribution is 2.04. The van der Waals surface area contributed by atoms with Gasteiger partial charge in [0.2, 0.25) is 5.91 Å². The van der Waals surface area contributed by atoms with E-state index in [0.29, 0.717) is 13.1 Å². The Hall–Kier alpha value is -2.07. The van der Waals surface area contributed by atoms with Crippen LogP contribution < -0.4 is 5.32 Å². The summed E-state index contributed by atoms with van der Waals surface area (Å²) in [5.41, 5.74) is 1.22. The number of carbonyl (C=O) groups excluding carboxylic acids is 1. The van der Waals surface area contributed by atoms with E-state index in [4.69, 9.17) is 4.42 Å². The third-order valence-electron chi connectivity index (χ3n) is 3.10. The van der Waals surface area contributed by atoms with Gasteiger partial charge >= 0.3 is 0 Å². The molecule has 1 N–H and O–H groups in total. The lowest BCUT2D eigenvalue weighted by Crippen LogP contribution is -2.36. The van der Waals surface area contributed by atoms with E-state index in [0.717, 1.165) is 18.8 Å². The van der Waals surface area contributed by atoms with E-state index in [1.165, 1.54) is 5.56 Å². The van der Waals surface area contributed by atoms with Gasteiger partial charge in [0, 0.05) is 6.54 Å². The summed E-state index contributed by atoms with van der Waals surface area (Å²) in [6.07, 6.45) is 1.61. The van der Waals surface area contributed by atoms with Crippen molar-refractivity contribution in [2.75, 3.05) is 13.1 Å². The smallest absolute Gasteiger partial charge is 0.234 e. The zero-order valence-electron chi connectivity index (χ0n) is 11.7. The molecule has 1 aromatic heterocycles. The molecule has 0 aliphatic rings. The standard InChI is InChI=1S/C16H20N2O2/c1-2-18(12-14-7-4-3-5-8-14)13-16(19)17-11-15-9-6-10-20-15/h3-10H,2,11-13H2,1H3,(H,17,19). The highest BCUT2D eigenvalue weighted by molar-refractivity contribution is 5.77. The molecule has 1 amide bonds. The van der Waals surface area contributed by atoms with Gasteiger partial charge in [-0.15, -0.1) is 0 Å². The molecule has 0 spiro atoms. The number of hydrogen-bond acceptors (Lipinski definition) is 3. The summed E-state index contributed by atoms with van der Waals surface area (Å²) in [5.74, 6) is 0.781. The molecular formula is C16H20N2O2. The lowest BCUT2D eigenvalue weighted by atomic mass is 10.2. The minimum absolute atomic E-state index is 0.0131. The summed E-state index contributed by atoms with van der Waals surface area (Å²) in [6, 6.07) is 13.8. The van der Waals surface area contributed by atoms with E-state index in [-0.39, 0.29) is 5.91 Å². The Labute approximate surface area is 119 Å². The average Bonchev–Trinajstić information content (AvgIpc) is 2.99. The number of rotatable bonds is 7. The Morgan fingerprint density at radius 1 is 1.20 bits per heavy atom. The molecule has 1 heterocycles. The zero-order chi connectivity index (χ0) is 14.2. The topological polar surface area (TPSA) is 45.5 Å². The van der Waals surface area contributed by atoms with Crippen LogP contribution in [-0.4, -0.2) is 23.9 Å². The Morgan fingerprint density at radius 2 is 2.00 bits per heavy atom. The first kappa shape index (κ1) is 14.3. The van der Waals surface area contributed by atoms with Crippen molar-refractivity contribution in [3.05, 3.63) is 60.1 Å². The fourth-order valence-electron chi connectivity index (χ4n) is 1.98. The van der Waals surface area contributed by atoms with Crippen LogP contribution in [-0.2, 0) is 17.9 Å². The van der Waals surface area contributed by atoms with Crippen molar-refractivity contribution in [2.24, 2.45) is 0 Å². The summed E-state index contributed by atoms with van der Waals surface area (Å²) in [4.78, 5) is 14.0. The average molecular weight is 272 g/mol. The number of nitrogens with one attached hydrogen (secondary N) is 1. The van der Waals surface area contributed by atoms with Crippen molar-refractivity contribution in [3.8, 4) is 0 Å². The van der Waals surface area contributed by atoms with E-state index in [2.05, 4.69) is 29.3 Å². The molecule has 2 rings (SSSR count). The van der Waals surface area contributed by atoms with Crippen LogP contribution in [0.15, 0.2) is 53.1 Å². The molecule has 0 unspecified atom stereocenters. The molecule has 1 aromatic carbocycles. The van der Waals surface area contributed by atoms with Crippen LogP contribution in [0.2, 0.25) is 0 Å². The summed E-state index contributed by atoms with van der Waals surface area (Å²) in [7, 11) is 0. The van der Waals surface area contributed by atoms with Gasteiger partial charge in [-0.3, -0.25) is 9.69 Å². The zero-order valence-corrected chi connectivity index (χ0v) is 11.7. The van der Waals surface area contributed by atoms with Gasteiger partial charge in [-0.25, -0.2) is 0 Å². The molecule has 0 atom stereocenters. The molecule has 0 fully saturated rings. The fraction of sp³-hybridized carbons (Fsp3) is 0.312. The van der Waals surface area contributed by atoms with Crippen molar-refractivity contribution >= 4 is 5.91 Å². The lowest BCUT2D eigenvalue weighted by molar-refractivity contribution is -0.122. The van der Waals surface area contributed by atoms with Gasteiger partial charge < -0.3 is 9.73 Å². The first-order valence-corrected chi connectivity index (χ1v) is 6.83. The first-order valence-electron chi connectivity index (χ1n) is 6.83. The number of hydrogen-bond donors (Lipinski definition) is 1. The molecule has 4 heteroatoms. The molecule has 106 valence electrons. The Kier molecular flexibility index (Phi) is 5.38. The summed E-state index contributed by atoms with van der Waals surface area (Å²) < 4.78 is 5.18. The SMILES string of the molecule is CCN(CC(=O)NCc1ccco1)Cc1ccccc1. The lowest BCUT2D eigenvalue weighted by Gasteiger charge is -2.19. The number of amides is 1. The molecule has 0 aliphatic carbocycles. The minimum atomic E-state index is 0.0131. The maximum Gasteiger partial charge on any atom is 0.234 e. The Balaban J connectivity index is 1.79. The van der Waals surface area contributed by atoms with Crippen LogP contribution in [0.1, 0.15) is 18.2 Å². The Morgan fingerprint density at radius 3 is 2.65 bits per heavy atom. The molecular weight excluding hydrogens is 252 g/mol. The molecule has 4 nitrogen and oxygen atoms in total. The second-order valence-electron chi connectivity index (χ2n) is 4.64. The van der Waals surface area contributed by atoms with Gasteiger partial charge in [-0.2, -0.15) is 0 Å². The molecule has 0 saturated carbocycles. The second kappa shape index (κ2) is 7.50. The van der Waals surface area contributed by atoms with Gasteiger partial charge in [0.15, 0.2) is 0 Å². The summed E-state index contributed by atoms with van der Waals surface area (Å²) in [5, 5.41) is 2.86. The van der Waals surface area contributed by atoms with E-state index < -0.39 is 0 Å². The van der Waals surface area contributed by atoms with Crippen LogP contribution >= 0.6 is 0 Å². The molecule has 0 aliphatic heterocycles. The monoisotopic (exact) mass is 272 g/mol. The normalized spacial score (nSPS) is 10.7. The number of furan rings is 1. The molecule has 0 radical (unpaired) electrons. The quantitative estimate of drug-likeness (QED) is 0.842. The fourth-order valence-corrected chi connectivity index (χ4v) is 1.98. The van der Waals surface area contributed by atoms with E-state index in [1.54, 1.807) is 6.26 Å². The number of benzene rings is 1. The third-order valence-corrected chi connectivity index (χ3v) is 3.10. The van der Waals surface area contributed by atoms with Gasteiger partial charge in [0.25, 0.3) is 0 Å². The van der Waals surface area contributed by atoms with Gasteiger partial charge in [0.05, 0.1) is 19.4 Å². The van der Waals surface area contributed by atoms with E-state index >= 15 is 0 Å². The van der Waals surface area contributed by atoms with E-state index in [1.807, 2.05) is 30.3 Å². The largest absolute Gasteiger partial charge is 0.467 e. The maximum atomic E-state index is 11.9. The molecule has 20 heavy (non-hydrogen) atoms. The molecule has 0 saturated heterocycles. The van der Waals surface area contributed by atoms with Crippen LogP contribution in [0.5, 0.6) is 0 Å². The van der Waals surface area contributed by atoms with Gasteiger partial charge in [-0.1, -0.05) is 37.3 Å². The van der Waals surface area contributed by atoms with Crippen LogP contribution in [0.25, 0.3) is 0 Å². The number of nitrogens with zero attached hydrogens (tertiary/aromatic N) is 1. The maximum absolute atomic E-state index is 11.9. The van der Waals surface area contributed by atoms with Crippen molar-refractivity contribution in [2.45, 2.75) is 20.0 Å². The van der Waals surface area contributed by atoms with E-state index in [9.17, 15) is 4.79 Å². The Bertz CT molecular complexity index is 509. The number of carbonyl (C=O) groups is 1. The van der Waals surface area contributed by atoms with Crippen LogP contribution in [0.3, 0.4) is 0 Å². The van der Waals surface area contributed by atoms with Gasteiger partial charge in [0.1, 0.15) is 5.76 Å². The second-order valence-corrected chi connectivity index (χ2v) is 4.64.